The van der Waals surface area contributed by atoms with Crippen molar-refractivity contribution in [1.82, 2.24) is 9.78 Å². The van der Waals surface area contributed by atoms with E-state index in [1.165, 1.54) is 0 Å². The number of hydrogen-bond acceptors (Lipinski definition) is 4. The number of aryl methyl sites for hydroxylation is 1. The standard InChI is InChI=1S/C11H13N3OS/c1-14-11(12)6-9(13-14)8-4-3-7(16-2)5-10(8)15/h3-6,15H,12H2,1-2H3. The molecule has 2 rings (SSSR count). The van der Waals surface area contributed by atoms with Gasteiger partial charge in [-0.1, -0.05) is 0 Å². The van der Waals surface area contributed by atoms with Gasteiger partial charge in [0.1, 0.15) is 11.6 Å². The highest BCUT2D eigenvalue weighted by molar-refractivity contribution is 7.98. The maximum absolute atomic E-state index is 9.87. The first-order valence-electron chi connectivity index (χ1n) is 4.78. The largest absolute Gasteiger partial charge is 0.507 e. The molecule has 0 amide bonds. The molecule has 0 unspecified atom stereocenters. The summed E-state index contributed by atoms with van der Waals surface area (Å²) in [5, 5.41) is 14.1. The SMILES string of the molecule is CSc1ccc(-c2cc(N)n(C)n2)c(O)c1. The molecular weight excluding hydrogens is 222 g/mol. The van der Waals surface area contributed by atoms with Gasteiger partial charge in [0.25, 0.3) is 0 Å². The minimum Gasteiger partial charge on any atom is -0.507 e. The Morgan fingerprint density at radius 1 is 1.38 bits per heavy atom. The summed E-state index contributed by atoms with van der Waals surface area (Å²) in [6.07, 6.45) is 1.97. The van der Waals surface area contributed by atoms with E-state index in [9.17, 15) is 5.11 Å². The number of nitrogens with two attached hydrogens (primary N) is 1. The average molecular weight is 235 g/mol. The second kappa shape index (κ2) is 4.09. The lowest BCUT2D eigenvalue weighted by Crippen LogP contribution is -1.96. The number of aromatic nitrogens is 2. The van der Waals surface area contributed by atoms with Crippen molar-refractivity contribution in [2.24, 2.45) is 7.05 Å². The highest BCUT2D eigenvalue weighted by Gasteiger charge is 2.09. The van der Waals surface area contributed by atoms with Crippen LogP contribution >= 0.6 is 11.8 Å². The van der Waals surface area contributed by atoms with E-state index in [4.69, 9.17) is 5.73 Å². The average Bonchev–Trinajstić information content (AvgIpc) is 2.58. The van der Waals surface area contributed by atoms with Gasteiger partial charge in [0.05, 0.1) is 5.69 Å². The minimum atomic E-state index is 0.227. The van der Waals surface area contributed by atoms with Crippen LogP contribution in [-0.2, 0) is 7.05 Å². The third kappa shape index (κ3) is 1.86. The molecule has 0 spiro atoms. The summed E-state index contributed by atoms with van der Waals surface area (Å²) < 4.78 is 1.58. The summed E-state index contributed by atoms with van der Waals surface area (Å²) in [5.74, 6) is 0.799. The third-order valence-electron chi connectivity index (χ3n) is 2.40. The number of hydrogen-bond donors (Lipinski definition) is 2. The van der Waals surface area contributed by atoms with E-state index in [2.05, 4.69) is 5.10 Å². The molecule has 0 saturated carbocycles. The Morgan fingerprint density at radius 2 is 2.12 bits per heavy atom. The second-order valence-electron chi connectivity index (χ2n) is 3.46. The van der Waals surface area contributed by atoms with Gasteiger partial charge in [-0.3, -0.25) is 4.68 Å². The Labute approximate surface area is 98.1 Å². The number of benzene rings is 1. The molecule has 4 nitrogen and oxygen atoms in total. The molecule has 0 aliphatic rings. The maximum Gasteiger partial charge on any atom is 0.126 e. The van der Waals surface area contributed by atoms with Crippen LogP contribution in [0.4, 0.5) is 5.82 Å². The number of aromatic hydroxyl groups is 1. The van der Waals surface area contributed by atoms with Gasteiger partial charge in [0.15, 0.2) is 0 Å². The molecule has 0 fully saturated rings. The number of anilines is 1. The molecule has 0 bridgehead atoms. The predicted octanol–water partition coefficient (Wildman–Crippen LogP) is 2.10. The lowest BCUT2D eigenvalue weighted by atomic mass is 10.1. The summed E-state index contributed by atoms with van der Waals surface area (Å²) >= 11 is 1.58. The van der Waals surface area contributed by atoms with Crippen LogP contribution in [0.15, 0.2) is 29.2 Å². The molecular formula is C11H13N3OS. The number of rotatable bonds is 2. The van der Waals surface area contributed by atoms with Gasteiger partial charge in [-0.15, -0.1) is 11.8 Å². The van der Waals surface area contributed by atoms with Gasteiger partial charge in [0.2, 0.25) is 0 Å². The van der Waals surface area contributed by atoms with Crippen LogP contribution in [0.5, 0.6) is 5.75 Å². The van der Waals surface area contributed by atoms with E-state index < -0.39 is 0 Å². The van der Waals surface area contributed by atoms with Crippen molar-refractivity contribution < 1.29 is 5.11 Å². The number of phenolic OH excluding ortho intramolecular Hbond substituents is 1. The predicted molar refractivity (Wildman–Crippen MR) is 66.5 cm³/mol. The highest BCUT2D eigenvalue weighted by Crippen LogP contribution is 2.32. The first-order valence-corrected chi connectivity index (χ1v) is 6.01. The maximum atomic E-state index is 9.87. The van der Waals surface area contributed by atoms with Crippen LogP contribution in [-0.4, -0.2) is 21.1 Å². The Balaban J connectivity index is 2.48. The summed E-state index contributed by atoms with van der Waals surface area (Å²) in [4.78, 5) is 1.02. The van der Waals surface area contributed by atoms with E-state index in [-0.39, 0.29) is 5.75 Å². The van der Waals surface area contributed by atoms with Crippen LogP contribution in [0.3, 0.4) is 0 Å². The van der Waals surface area contributed by atoms with Gasteiger partial charge >= 0.3 is 0 Å². The van der Waals surface area contributed by atoms with E-state index in [0.717, 1.165) is 4.90 Å². The van der Waals surface area contributed by atoms with Crippen molar-refractivity contribution in [3.05, 3.63) is 24.3 Å². The van der Waals surface area contributed by atoms with Crippen molar-refractivity contribution in [1.29, 1.82) is 0 Å². The second-order valence-corrected chi connectivity index (χ2v) is 4.34. The van der Waals surface area contributed by atoms with Gasteiger partial charge in [-0.2, -0.15) is 5.10 Å². The lowest BCUT2D eigenvalue weighted by molar-refractivity contribution is 0.475. The van der Waals surface area contributed by atoms with Crippen LogP contribution in [0.2, 0.25) is 0 Å². The zero-order valence-corrected chi connectivity index (χ0v) is 9.95. The quantitative estimate of drug-likeness (QED) is 0.782. The Morgan fingerprint density at radius 3 is 2.62 bits per heavy atom. The molecule has 1 aromatic carbocycles. The van der Waals surface area contributed by atoms with Gasteiger partial charge in [0, 0.05) is 23.6 Å². The van der Waals surface area contributed by atoms with Crippen molar-refractivity contribution in [2.75, 3.05) is 12.0 Å². The van der Waals surface area contributed by atoms with E-state index >= 15 is 0 Å². The molecule has 0 saturated heterocycles. The smallest absolute Gasteiger partial charge is 0.126 e. The molecule has 0 aliphatic heterocycles. The number of nitrogens with zero attached hydrogens (tertiary/aromatic N) is 2. The van der Waals surface area contributed by atoms with Crippen LogP contribution < -0.4 is 5.73 Å². The van der Waals surface area contributed by atoms with Crippen molar-refractivity contribution in [3.63, 3.8) is 0 Å². The van der Waals surface area contributed by atoms with Crippen LogP contribution in [0, 0.1) is 0 Å². The molecule has 0 atom stereocenters. The fourth-order valence-corrected chi connectivity index (χ4v) is 1.90. The molecule has 5 heteroatoms. The molecule has 84 valence electrons. The molecule has 1 heterocycles. The molecule has 0 aliphatic carbocycles. The highest BCUT2D eigenvalue weighted by atomic mass is 32.2. The fourth-order valence-electron chi connectivity index (χ4n) is 1.47. The molecule has 2 aromatic rings. The van der Waals surface area contributed by atoms with Crippen molar-refractivity contribution >= 4 is 17.6 Å². The topological polar surface area (TPSA) is 64.1 Å². The number of phenols is 1. The van der Waals surface area contributed by atoms with Gasteiger partial charge in [-0.05, 0) is 24.5 Å². The lowest BCUT2D eigenvalue weighted by Gasteiger charge is -2.03. The van der Waals surface area contributed by atoms with Gasteiger partial charge in [-0.25, -0.2) is 0 Å². The number of nitrogen functional groups attached to an aromatic ring is 1. The summed E-state index contributed by atoms with van der Waals surface area (Å²) in [7, 11) is 1.77. The number of thioether (sulfide) groups is 1. The third-order valence-corrected chi connectivity index (χ3v) is 3.12. The van der Waals surface area contributed by atoms with Crippen LogP contribution in [0.1, 0.15) is 0 Å². The summed E-state index contributed by atoms with van der Waals surface area (Å²) in [6.45, 7) is 0. The summed E-state index contributed by atoms with van der Waals surface area (Å²) in [6, 6.07) is 7.27. The normalized spacial score (nSPS) is 10.6. The van der Waals surface area contributed by atoms with E-state index in [1.807, 2.05) is 18.4 Å². The minimum absolute atomic E-state index is 0.227. The van der Waals surface area contributed by atoms with Gasteiger partial charge < -0.3 is 10.8 Å². The Bertz CT molecular complexity index is 502. The summed E-state index contributed by atoms with van der Waals surface area (Å²) in [5.41, 5.74) is 7.08. The van der Waals surface area contributed by atoms with E-state index in [0.29, 0.717) is 17.1 Å². The van der Waals surface area contributed by atoms with E-state index in [1.54, 1.807) is 35.6 Å². The van der Waals surface area contributed by atoms with Crippen molar-refractivity contribution in [3.8, 4) is 17.0 Å². The Hall–Kier alpha value is -1.62. The molecule has 1 aromatic heterocycles. The molecule has 16 heavy (non-hydrogen) atoms. The molecule has 3 N–H and O–H groups in total. The fraction of sp³-hybridized carbons (Fsp3) is 0.182. The monoisotopic (exact) mass is 235 g/mol. The first-order chi connectivity index (χ1) is 7.61. The molecule has 0 radical (unpaired) electrons. The zero-order valence-electron chi connectivity index (χ0n) is 9.14. The Kier molecular flexibility index (Phi) is 2.78. The first kappa shape index (κ1) is 10.9. The van der Waals surface area contributed by atoms with Crippen LogP contribution in [0.25, 0.3) is 11.3 Å². The van der Waals surface area contributed by atoms with Crippen molar-refractivity contribution in [2.45, 2.75) is 4.90 Å². The zero-order chi connectivity index (χ0) is 11.7.